The first-order valence-corrected chi connectivity index (χ1v) is 16.1. The molecule has 0 radical (unpaired) electrons. The van der Waals surface area contributed by atoms with Crippen molar-refractivity contribution in [3.05, 3.63) is 112 Å². The van der Waals surface area contributed by atoms with Gasteiger partial charge in [0.2, 0.25) is 11.8 Å². The second-order valence-corrected chi connectivity index (χ2v) is 14.3. The number of carbonyl (C=O) groups is 4. The van der Waals surface area contributed by atoms with E-state index in [4.69, 9.17) is 5.10 Å². The topological polar surface area (TPSA) is 87.1 Å². The lowest BCUT2D eigenvalue weighted by Gasteiger charge is -2.52. The zero-order chi connectivity index (χ0) is 29.6. The van der Waals surface area contributed by atoms with Crippen molar-refractivity contribution in [1.82, 2.24) is 5.01 Å². The Hall–Kier alpha value is -4.17. The second kappa shape index (κ2) is 8.30. The molecule has 2 heterocycles. The quantitative estimate of drug-likeness (QED) is 0.227. The molecule has 3 aromatic rings. The number of hydrogen-bond acceptors (Lipinski definition) is 5. The lowest BCUT2D eigenvalue weighted by molar-refractivity contribution is -0.140. The molecule has 0 spiro atoms. The van der Waals surface area contributed by atoms with E-state index in [0.29, 0.717) is 17.5 Å². The third-order valence-electron chi connectivity index (χ3n) is 11.8. The number of amides is 4. The van der Waals surface area contributed by atoms with Gasteiger partial charge in [0.1, 0.15) is 0 Å². The summed E-state index contributed by atoms with van der Waals surface area (Å²) < 4.78 is 0.850. The standard InChI is InChI=1S/C36H26BrN3O4/c37-17-9-11-18(12-10-17)39-32(41)30-27-21-5-1-3-7-25(21)36(31(30)35(39)44,26-8-4-2-6-22(26)27)16-38-40-33(42)28-19-13-14-20(24-15-23(19)24)29(28)34(40)43/h1-14,16,19-20,23-24,27-31H,15H2/b38-16-/t19-,20-,23-,24+,27?,28-,29+,30+,31-,36?/m0/s1. The minimum absolute atomic E-state index is 0.0919. The molecule has 7 aliphatic carbocycles. The average Bonchev–Trinajstić information content (AvgIpc) is 3.78. The summed E-state index contributed by atoms with van der Waals surface area (Å²) in [6.45, 7) is 0. The van der Waals surface area contributed by atoms with Crippen LogP contribution in [0.25, 0.3) is 0 Å². The van der Waals surface area contributed by atoms with Gasteiger partial charge in [-0.2, -0.15) is 10.1 Å². The van der Waals surface area contributed by atoms with Crippen LogP contribution in [0.3, 0.4) is 0 Å². The summed E-state index contributed by atoms with van der Waals surface area (Å²) in [7, 11) is 0. The number of hydrogen-bond donors (Lipinski definition) is 0. The van der Waals surface area contributed by atoms with Crippen LogP contribution in [0.5, 0.6) is 0 Å². The van der Waals surface area contributed by atoms with Crippen LogP contribution in [0.15, 0.2) is 94.5 Å². The molecule has 8 atom stereocenters. The van der Waals surface area contributed by atoms with Crippen molar-refractivity contribution < 1.29 is 19.2 Å². The minimum atomic E-state index is -1.14. The van der Waals surface area contributed by atoms with Crippen LogP contribution in [-0.4, -0.2) is 34.9 Å². The number of halogens is 1. The fourth-order valence-corrected chi connectivity index (χ4v) is 10.4. The number of allylic oxidation sites excluding steroid dienone is 2. The van der Waals surface area contributed by atoms with Crippen molar-refractivity contribution in [1.29, 1.82) is 0 Å². The van der Waals surface area contributed by atoms with E-state index in [1.54, 1.807) is 18.3 Å². The Kier molecular flexibility index (Phi) is 4.75. The van der Waals surface area contributed by atoms with Gasteiger partial charge in [-0.05, 0) is 76.6 Å². The first kappa shape index (κ1) is 25.2. The Morgan fingerprint density at radius 1 is 0.705 bits per heavy atom. The van der Waals surface area contributed by atoms with E-state index in [2.05, 4.69) is 28.1 Å². The molecule has 216 valence electrons. The highest BCUT2D eigenvalue weighted by Gasteiger charge is 2.69. The fourth-order valence-electron chi connectivity index (χ4n) is 10.1. The van der Waals surface area contributed by atoms with E-state index in [1.165, 1.54) is 4.90 Å². The molecule has 7 nitrogen and oxygen atoms in total. The van der Waals surface area contributed by atoms with Crippen molar-refractivity contribution in [3.63, 3.8) is 0 Å². The summed E-state index contributed by atoms with van der Waals surface area (Å²) in [5.74, 6) is -2.32. The number of benzene rings is 3. The van der Waals surface area contributed by atoms with E-state index in [0.717, 1.165) is 38.2 Å². The van der Waals surface area contributed by atoms with Crippen molar-refractivity contribution in [3.8, 4) is 0 Å². The molecule has 2 aliphatic heterocycles. The molecule has 0 unspecified atom stereocenters. The first-order valence-electron chi connectivity index (χ1n) is 15.4. The Balaban J connectivity index is 1.15. The van der Waals surface area contributed by atoms with Gasteiger partial charge < -0.3 is 0 Å². The van der Waals surface area contributed by atoms with Crippen LogP contribution in [0.4, 0.5) is 5.69 Å². The third kappa shape index (κ3) is 2.82. The molecular weight excluding hydrogens is 618 g/mol. The second-order valence-electron chi connectivity index (χ2n) is 13.4. The monoisotopic (exact) mass is 643 g/mol. The van der Waals surface area contributed by atoms with Crippen LogP contribution >= 0.6 is 15.9 Å². The Morgan fingerprint density at radius 2 is 1.27 bits per heavy atom. The summed E-state index contributed by atoms with van der Waals surface area (Å²) in [6.07, 6.45) is 7.05. The van der Waals surface area contributed by atoms with Crippen molar-refractivity contribution >= 4 is 51.5 Å². The summed E-state index contributed by atoms with van der Waals surface area (Å²) in [4.78, 5) is 58.1. The van der Waals surface area contributed by atoms with Crippen LogP contribution in [0.1, 0.15) is 34.6 Å². The smallest absolute Gasteiger partial charge is 0.254 e. The van der Waals surface area contributed by atoms with Crippen LogP contribution in [0.2, 0.25) is 0 Å². The molecule has 4 amide bonds. The van der Waals surface area contributed by atoms with Gasteiger partial charge in [-0.15, -0.1) is 0 Å². The van der Waals surface area contributed by atoms with Crippen molar-refractivity contribution in [2.24, 2.45) is 52.4 Å². The zero-order valence-corrected chi connectivity index (χ0v) is 25.0. The maximum atomic E-state index is 14.6. The molecule has 8 heteroatoms. The highest BCUT2D eigenvalue weighted by atomic mass is 79.9. The highest BCUT2D eigenvalue weighted by molar-refractivity contribution is 9.10. The molecule has 0 N–H and O–H groups in total. The van der Waals surface area contributed by atoms with E-state index >= 15 is 0 Å². The Bertz CT molecular complexity index is 1850. The SMILES string of the molecule is O=C1[C@@H]2[C@H]3C=C[C@@H]([C@@H]4C[C@H]34)[C@@H]2C(=O)N1/N=C\C12c3ccccc3C(c3ccccc31)[C@H]1C(=O)N(c3ccc(Br)cc3)C(=O)[C@H]12. The molecule has 2 saturated carbocycles. The molecule has 2 saturated heterocycles. The summed E-state index contributed by atoms with van der Waals surface area (Å²) in [5, 5.41) is 5.85. The van der Waals surface area contributed by atoms with Gasteiger partial charge in [0, 0.05) is 16.6 Å². The summed E-state index contributed by atoms with van der Waals surface area (Å²) >= 11 is 3.45. The summed E-state index contributed by atoms with van der Waals surface area (Å²) in [5.41, 5.74) is 3.13. The third-order valence-corrected chi connectivity index (χ3v) is 12.3. The maximum absolute atomic E-state index is 14.6. The first-order chi connectivity index (χ1) is 21.4. The van der Waals surface area contributed by atoms with Gasteiger partial charge in [-0.25, -0.2) is 4.90 Å². The van der Waals surface area contributed by atoms with E-state index in [1.807, 2.05) is 60.7 Å². The molecule has 3 aromatic carbocycles. The number of rotatable bonds is 3. The van der Waals surface area contributed by atoms with Crippen molar-refractivity contribution in [2.75, 3.05) is 4.90 Å². The average molecular weight is 645 g/mol. The van der Waals surface area contributed by atoms with E-state index in [-0.39, 0.29) is 53.2 Å². The van der Waals surface area contributed by atoms with Gasteiger partial charge in [0.25, 0.3) is 11.8 Å². The molecule has 4 bridgehead atoms. The maximum Gasteiger partial charge on any atom is 0.254 e. The number of hydrazone groups is 1. The van der Waals surface area contributed by atoms with Crippen LogP contribution < -0.4 is 4.90 Å². The largest absolute Gasteiger partial charge is 0.274 e. The number of nitrogens with zero attached hydrogens (tertiary/aromatic N) is 3. The predicted octanol–water partition coefficient (Wildman–Crippen LogP) is 5.04. The van der Waals surface area contributed by atoms with Gasteiger partial charge in [-0.1, -0.05) is 76.6 Å². The van der Waals surface area contributed by atoms with Crippen LogP contribution in [-0.2, 0) is 24.6 Å². The van der Waals surface area contributed by atoms with E-state index in [9.17, 15) is 19.2 Å². The molecule has 12 rings (SSSR count). The van der Waals surface area contributed by atoms with E-state index < -0.39 is 17.3 Å². The summed E-state index contributed by atoms with van der Waals surface area (Å²) in [6, 6.07) is 23.1. The van der Waals surface area contributed by atoms with Gasteiger partial charge >= 0.3 is 0 Å². The lowest BCUT2D eigenvalue weighted by Crippen LogP contribution is -2.55. The zero-order valence-electron chi connectivity index (χ0n) is 23.4. The highest BCUT2D eigenvalue weighted by Crippen LogP contribution is 2.66. The molecule has 9 aliphatic rings. The number of imide groups is 2. The van der Waals surface area contributed by atoms with Gasteiger partial charge in [0.05, 0.1) is 34.8 Å². The lowest BCUT2D eigenvalue weighted by atomic mass is 9.47. The molecule has 44 heavy (non-hydrogen) atoms. The van der Waals surface area contributed by atoms with Crippen molar-refractivity contribution in [2.45, 2.75) is 17.8 Å². The predicted molar refractivity (Wildman–Crippen MR) is 164 cm³/mol. The minimum Gasteiger partial charge on any atom is -0.274 e. The molecule has 0 aromatic heterocycles. The molecular formula is C36H26BrN3O4. The Morgan fingerprint density at radius 3 is 1.86 bits per heavy atom. The van der Waals surface area contributed by atoms with Gasteiger partial charge in [0.15, 0.2) is 0 Å². The van der Waals surface area contributed by atoms with Gasteiger partial charge in [-0.3, -0.25) is 19.2 Å². The number of carbonyl (C=O) groups excluding carboxylic acids is 4. The normalized spacial score (nSPS) is 38.2. The molecule has 4 fully saturated rings. The van der Waals surface area contributed by atoms with Crippen LogP contribution in [0, 0.1) is 47.3 Å². The Labute approximate surface area is 261 Å². The fraction of sp³-hybridized carbons (Fsp3) is 0.306. The number of anilines is 1.